The average Bonchev–Trinajstić information content (AvgIpc) is 3.32. The molecule has 4 aliphatic rings. The number of nitrogens with zero attached hydrogens (tertiary/aromatic N) is 5. The van der Waals surface area contributed by atoms with Crippen molar-refractivity contribution in [3.8, 4) is 6.07 Å². The number of nitriles is 1. The van der Waals surface area contributed by atoms with Crippen LogP contribution in [0.25, 0.3) is 0 Å². The molecule has 6 rings (SSSR count). The molecule has 2 aromatic rings. The predicted molar refractivity (Wildman–Crippen MR) is 109 cm³/mol. The Morgan fingerprint density at radius 2 is 1.94 bits per heavy atom. The Morgan fingerprint density at radius 1 is 1.19 bits per heavy atom. The highest BCUT2D eigenvalue weighted by molar-refractivity contribution is 5.82. The van der Waals surface area contributed by atoms with E-state index in [0.29, 0.717) is 42.0 Å². The molecule has 1 aliphatic heterocycles. The van der Waals surface area contributed by atoms with Crippen molar-refractivity contribution in [2.45, 2.75) is 45.2 Å². The van der Waals surface area contributed by atoms with Gasteiger partial charge in [-0.15, -0.1) is 0 Å². The lowest BCUT2D eigenvalue weighted by Crippen LogP contribution is -2.49. The second kappa shape index (κ2) is 7.56. The smallest absolute Gasteiger partial charge is 0.246 e. The van der Waals surface area contributed by atoms with Gasteiger partial charge >= 0.3 is 0 Å². The summed E-state index contributed by atoms with van der Waals surface area (Å²) in [5.74, 6) is -0.311. The zero-order valence-electron chi connectivity index (χ0n) is 17.2. The minimum atomic E-state index is -0.653. The summed E-state index contributed by atoms with van der Waals surface area (Å²) in [4.78, 5) is 13.5. The van der Waals surface area contributed by atoms with Crippen LogP contribution in [0.1, 0.15) is 48.5 Å². The first kappa shape index (κ1) is 19.9. The number of hydrogen-bond donors (Lipinski definition) is 0. The fourth-order valence-electron chi connectivity index (χ4n) is 5.46. The van der Waals surface area contributed by atoms with Gasteiger partial charge in [0, 0.05) is 42.9 Å². The van der Waals surface area contributed by atoms with Gasteiger partial charge < -0.3 is 0 Å². The van der Waals surface area contributed by atoms with Crippen LogP contribution in [-0.4, -0.2) is 26.9 Å². The highest BCUT2D eigenvalue weighted by atomic mass is 19.1. The number of carbonyl (C=O) groups is 1. The average molecular weight is 423 g/mol. The Hall–Kier alpha value is -3.08. The monoisotopic (exact) mass is 423 g/mol. The van der Waals surface area contributed by atoms with Crippen molar-refractivity contribution in [3.05, 3.63) is 52.9 Å². The van der Waals surface area contributed by atoms with Gasteiger partial charge in [0.25, 0.3) is 0 Å². The Labute approximate surface area is 179 Å². The molecule has 2 bridgehead atoms. The van der Waals surface area contributed by atoms with Crippen molar-refractivity contribution in [2.75, 3.05) is 0 Å². The van der Waals surface area contributed by atoms with Crippen LogP contribution in [0.15, 0.2) is 29.5 Å². The summed E-state index contributed by atoms with van der Waals surface area (Å²) in [6.07, 6.45) is 6.73. The lowest BCUT2D eigenvalue weighted by molar-refractivity contribution is -0.147. The van der Waals surface area contributed by atoms with Crippen molar-refractivity contribution in [2.24, 2.45) is 28.8 Å². The largest absolute Gasteiger partial charge is 0.273 e. The number of aryl methyl sites for hydroxylation is 1. The van der Waals surface area contributed by atoms with Crippen LogP contribution in [0.4, 0.5) is 8.78 Å². The van der Waals surface area contributed by atoms with E-state index in [4.69, 9.17) is 5.26 Å². The van der Waals surface area contributed by atoms with Crippen molar-refractivity contribution >= 4 is 12.1 Å². The molecule has 0 radical (unpaired) electrons. The number of carbonyl (C=O) groups excluding carboxylic acids is 1. The zero-order valence-corrected chi connectivity index (χ0v) is 17.2. The van der Waals surface area contributed by atoms with Gasteiger partial charge in [0.2, 0.25) is 5.91 Å². The number of amides is 1. The maximum absolute atomic E-state index is 13.7. The number of halogens is 2. The van der Waals surface area contributed by atoms with E-state index in [0.717, 1.165) is 30.9 Å². The summed E-state index contributed by atoms with van der Waals surface area (Å²) in [5, 5.41) is 19.2. The number of aromatic nitrogens is 2. The quantitative estimate of drug-likeness (QED) is 0.747. The van der Waals surface area contributed by atoms with E-state index in [1.54, 1.807) is 6.21 Å². The normalized spacial score (nSPS) is 29.0. The molecule has 160 valence electrons. The van der Waals surface area contributed by atoms with Gasteiger partial charge in [-0.25, -0.2) is 13.8 Å². The maximum Gasteiger partial charge on any atom is 0.246 e. The minimum absolute atomic E-state index is 0.0640. The Bertz CT molecular complexity index is 1080. The second-order valence-corrected chi connectivity index (χ2v) is 9.02. The van der Waals surface area contributed by atoms with Crippen LogP contribution in [-0.2, 0) is 11.3 Å². The third-order valence-electron chi connectivity index (χ3n) is 7.12. The van der Waals surface area contributed by atoms with Gasteiger partial charge in [0.15, 0.2) is 5.69 Å². The zero-order chi connectivity index (χ0) is 21.7. The number of hydrazone groups is 1. The topological polar surface area (TPSA) is 74.3 Å². The first-order valence-electron chi connectivity index (χ1n) is 10.7. The molecule has 0 saturated heterocycles. The molecule has 3 fully saturated rings. The van der Waals surface area contributed by atoms with Crippen LogP contribution < -0.4 is 0 Å². The van der Waals surface area contributed by atoms with Gasteiger partial charge in [-0.2, -0.15) is 15.5 Å². The summed E-state index contributed by atoms with van der Waals surface area (Å²) >= 11 is 0. The summed E-state index contributed by atoms with van der Waals surface area (Å²) in [7, 11) is 0. The van der Waals surface area contributed by atoms with Gasteiger partial charge in [-0.05, 0) is 61.6 Å². The van der Waals surface area contributed by atoms with E-state index in [9.17, 15) is 13.6 Å². The van der Waals surface area contributed by atoms with E-state index in [1.807, 2.05) is 17.8 Å². The molecule has 2 heterocycles. The Kier molecular flexibility index (Phi) is 4.84. The number of benzene rings is 1. The number of hydrogen-bond acceptors (Lipinski definition) is 4. The minimum Gasteiger partial charge on any atom is -0.273 e. The van der Waals surface area contributed by atoms with Crippen molar-refractivity contribution in [1.29, 1.82) is 5.26 Å². The van der Waals surface area contributed by atoms with Crippen LogP contribution in [0.3, 0.4) is 0 Å². The van der Waals surface area contributed by atoms with Gasteiger partial charge in [0.1, 0.15) is 17.7 Å². The standard InChI is InChI=1S/C23H23F2N5O/c1-13-11-29(28-21(13)10-26)12-17-8-20(15-4-14(17)5-15)23(31)30-22(2-3-27-30)16-6-18(24)9-19(25)7-16/h3,6-7,9,11,14-15,17,20,22H,2,4-5,8,12H2,1H3/t14?,15?,17?,20-,22?/m0/s1. The lowest BCUT2D eigenvalue weighted by atomic mass is 9.55. The molecule has 0 spiro atoms. The van der Waals surface area contributed by atoms with Crippen molar-refractivity contribution in [3.63, 3.8) is 0 Å². The molecule has 8 heteroatoms. The molecule has 1 aromatic carbocycles. The first-order valence-corrected chi connectivity index (χ1v) is 10.7. The SMILES string of the molecule is Cc1cn(CC2C[C@H](C(=O)N3N=CCC3c3cc(F)cc(F)c3)C3CC2C3)nc1C#N. The second-order valence-electron chi connectivity index (χ2n) is 9.02. The van der Waals surface area contributed by atoms with Crippen molar-refractivity contribution < 1.29 is 13.6 Å². The van der Waals surface area contributed by atoms with Crippen LogP contribution >= 0.6 is 0 Å². The predicted octanol–water partition coefficient (Wildman–Crippen LogP) is 3.96. The first-order chi connectivity index (χ1) is 14.9. The molecule has 1 aromatic heterocycles. The molecule has 0 N–H and O–H groups in total. The molecule has 6 nitrogen and oxygen atoms in total. The van der Waals surface area contributed by atoms with E-state index in [1.165, 1.54) is 17.1 Å². The van der Waals surface area contributed by atoms with Gasteiger partial charge in [0.05, 0.1) is 6.04 Å². The van der Waals surface area contributed by atoms with Crippen LogP contribution in [0, 0.1) is 53.6 Å². The Morgan fingerprint density at radius 3 is 2.61 bits per heavy atom. The van der Waals surface area contributed by atoms with Crippen LogP contribution in [0.5, 0.6) is 0 Å². The maximum atomic E-state index is 13.7. The Balaban J connectivity index is 1.33. The third-order valence-corrected chi connectivity index (χ3v) is 7.12. The van der Waals surface area contributed by atoms with E-state index < -0.39 is 17.7 Å². The summed E-state index contributed by atoms with van der Waals surface area (Å²) < 4.78 is 29.3. The summed E-state index contributed by atoms with van der Waals surface area (Å²) in [6, 6.07) is 5.02. The summed E-state index contributed by atoms with van der Waals surface area (Å²) in [5.41, 5.74) is 1.72. The molecular formula is C23H23F2N5O. The number of rotatable bonds is 4. The van der Waals surface area contributed by atoms with E-state index >= 15 is 0 Å². The highest BCUT2D eigenvalue weighted by Gasteiger charge is 2.50. The molecule has 3 saturated carbocycles. The summed E-state index contributed by atoms with van der Waals surface area (Å²) in [6.45, 7) is 2.56. The van der Waals surface area contributed by atoms with Crippen LogP contribution in [0.2, 0.25) is 0 Å². The molecule has 31 heavy (non-hydrogen) atoms. The highest BCUT2D eigenvalue weighted by Crippen LogP contribution is 2.53. The number of fused-ring (bicyclic) bond motifs is 2. The van der Waals surface area contributed by atoms with Gasteiger partial charge in [-0.1, -0.05) is 0 Å². The fraction of sp³-hybridized carbons (Fsp3) is 0.478. The lowest BCUT2D eigenvalue weighted by Gasteiger charge is -2.51. The molecule has 3 aliphatic carbocycles. The van der Waals surface area contributed by atoms with E-state index in [-0.39, 0.29) is 11.8 Å². The van der Waals surface area contributed by atoms with E-state index in [2.05, 4.69) is 16.3 Å². The molecular weight excluding hydrogens is 400 g/mol. The third kappa shape index (κ3) is 3.52. The fourth-order valence-corrected chi connectivity index (χ4v) is 5.46. The molecule has 1 amide bonds. The van der Waals surface area contributed by atoms with Crippen molar-refractivity contribution in [1.82, 2.24) is 14.8 Å². The molecule has 2 unspecified atom stereocenters. The molecule has 3 atom stereocenters. The van der Waals surface area contributed by atoms with Gasteiger partial charge in [-0.3, -0.25) is 9.48 Å².